The van der Waals surface area contributed by atoms with E-state index >= 15 is 0 Å². The largest absolute Gasteiger partial charge is 0.369 e. The Morgan fingerprint density at radius 3 is 2.91 bits per heavy atom. The van der Waals surface area contributed by atoms with Crippen molar-refractivity contribution in [3.05, 3.63) is 5.82 Å². The van der Waals surface area contributed by atoms with Crippen molar-refractivity contribution in [2.75, 3.05) is 25.0 Å². The number of amides is 1. The third-order valence-electron chi connectivity index (χ3n) is 3.95. The van der Waals surface area contributed by atoms with Gasteiger partial charge in [0.1, 0.15) is 6.10 Å². The molecule has 0 spiro atoms. The lowest BCUT2D eigenvalue weighted by atomic mass is 9.98. The molecule has 0 bridgehead atoms. The quantitative estimate of drug-likeness (QED) is 0.745. The number of hydrogen-bond acceptors (Lipinski definition) is 5. The van der Waals surface area contributed by atoms with E-state index < -0.39 is 6.10 Å². The number of carbonyl (C=O) groups excluding carboxylic acids is 1. The van der Waals surface area contributed by atoms with Gasteiger partial charge in [0.15, 0.2) is 5.82 Å². The second kappa shape index (κ2) is 8.24. The third-order valence-corrected chi connectivity index (χ3v) is 3.95. The van der Waals surface area contributed by atoms with Crippen molar-refractivity contribution < 1.29 is 9.53 Å². The molecule has 0 aromatic carbocycles. The Morgan fingerprint density at radius 2 is 2.23 bits per heavy atom. The van der Waals surface area contributed by atoms with Crippen LogP contribution < -0.4 is 10.6 Å². The number of rotatable bonds is 7. The van der Waals surface area contributed by atoms with Crippen LogP contribution in [-0.4, -0.2) is 46.5 Å². The number of aromatic nitrogens is 3. The zero-order valence-corrected chi connectivity index (χ0v) is 13.8. The number of carbonyl (C=O) groups is 1. The van der Waals surface area contributed by atoms with E-state index in [1.165, 1.54) is 0 Å². The van der Waals surface area contributed by atoms with Crippen LogP contribution in [0, 0.1) is 0 Å². The maximum absolute atomic E-state index is 12.1. The summed E-state index contributed by atoms with van der Waals surface area (Å²) in [5, 5.41) is 10.6. The molecule has 0 radical (unpaired) electrons. The molecule has 2 heterocycles. The van der Waals surface area contributed by atoms with Crippen molar-refractivity contribution in [2.45, 2.75) is 51.6 Å². The van der Waals surface area contributed by atoms with Gasteiger partial charge in [-0.25, -0.2) is 4.68 Å². The van der Waals surface area contributed by atoms with Crippen molar-refractivity contribution in [3.63, 3.8) is 0 Å². The molecule has 0 saturated carbocycles. The molecule has 1 aliphatic heterocycles. The number of nitrogens with one attached hydrogen (secondary N) is 2. The first-order valence-corrected chi connectivity index (χ1v) is 8.16. The second-order valence-electron chi connectivity index (χ2n) is 5.80. The number of hydrogen-bond donors (Lipinski definition) is 2. The van der Waals surface area contributed by atoms with Gasteiger partial charge in [-0.2, -0.15) is 10.1 Å². The van der Waals surface area contributed by atoms with Gasteiger partial charge in [-0.05, 0) is 39.3 Å². The van der Waals surface area contributed by atoms with Gasteiger partial charge in [-0.1, -0.05) is 13.3 Å². The van der Waals surface area contributed by atoms with Gasteiger partial charge in [0.25, 0.3) is 5.91 Å². The van der Waals surface area contributed by atoms with Crippen LogP contribution in [0.1, 0.15) is 51.3 Å². The first-order valence-electron chi connectivity index (χ1n) is 8.16. The van der Waals surface area contributed by atoms with Crippen LogP contribution >= 0.6 is 0 Å². The standard InChI is InChI=1S/C15H27N5O2/c1-4-5-10-22-11(2)14(21)18-15-17-13(19-20(15)3)12-6-8-16-9-7-12/h11-12,16H,4-10H2,1-3H3,(H,17,18,19,21). The Bertz CT molecular complexity index is 482. The normalized spacial score (nSPS) is 17.4. The summed E-state index contributed by atoms with van der Waals surface area (Å²) in [6.45, 7) is 6.44. The maximum Gasteiger partial charge on any atom is 0.255 e. The van der Waals surface area contributed by atoms with Crippen LogP contribution in [0.3, 0.4) is 0 Å². The molecular weight excluding hydrogens is 282 g/mol. The Balaban J connectivity index is 1.91. The van der Waals surface area contributed by atoms with E-state index in [0.717, 1.165) is 44.6 Å². The predicted molar refractivity (Wildman–Crippen MR) is 84.8 cm³/mol. The molecule has 124 valence electrons. The molecule has 22 heavy (non-hydrogen) atoms. The Morgan fingerprint density at radius 1 is 1.50 bits per heavy atom. The molecule has 1 saturated heterocycles. The minimum Gasteiger partial charge on any atom is -0.369 e. The summed E-state index contributed by atoms with van der Waals surface area (Å²) in [6, 6.07) is 0. The van der Waals surface area contributed by atoms with E-state index in [9.17, 15) is 4.79 Å². The first-order chi connectivity index (χ1) is 10.6. The average molecular weight is 309 g/mol. The lowest BCUT2D eigenvalue weighted by molar-refractivity contribution is -0.126. The molecule has 7 nitrogen and oxygen atoms in total. The average Bonchev–Trinajstić information content (AvgIpc) is 2.89. The van der Waals surface area contributed by atoms with E-state index in [2.05, 4.69) is 27.6 Å². The van der Waals surface area contributed by atoms with E-state index in [0.29, 0.717) is 18.5 Å². The van der Waals surface area contributed by atoms with Crippen molar-refractivity contribution in [3.8, 4) is 0 Å². The highest BCUT2D eigenvalue weighted by Gasteiger charge is 2.22. The van der Waals surface area contributed by atoms with Crippen LogP contribution in [0.2, 0.25) is 0 Å². The van der Waals surface area contributed by atoms with Crippen LogP contribution in [0.15, 0.2) is 0 Å². The smallest absolute Gasteiger partial charge is 0.255 e. The summed E-state index contributed by atoms with van der Waals surface area (Å²) in [7, 11) is 1.80. The molecule has 1 aliphatic rings. The maximum atomic E-state index is 12.1. The molecule has 1 amide bonds. The lowest BCUT2D eigenvalue weighted by Crippen LogP contribution is -2.29. The predicted octanol–water partition coefficient (Wildman–Crippen LogP) is 1.43. The fraction of sp³-hybridized carbons (Fsp3) is 0.800. The van der Waals surface area contributed by atoms with E-state index in [-0.39, 0.29) is 5.91 Å². The van der Waals surface area contributed by atoms with Crippen molar-refractivity contribution in [1.29, 1.82) is 0 Å². The number of aryl methyl sites for hydroxylation is 1. The van der Waals surface area contributed by atoms with Gasteiger partial charge < -0.3 is 10.1 Å². The number of anilines is 1. The van der Waals surface area contributed by atoms with Crippen LogP contribution in [0.25, 0.3) is 0 Å². The van der Waals surface area contributed by atoms with Gasteiger partial charge in [-0.3, -0.25) is 10.1 Å². The summed E-state index contributed by atoms with van der Waals surface area (Å²) >= 11 is 0. The molecule has 1 aromatic heterocycles. The molecule has 1 unspecified atom stereocenters. The third kappa shape index (κ3) is 4.51. The Labute approximate surface area is 131 Å². The number of nitrogens with zero attached hydrogens (tertiary/aromatic N) is 3. The van der Waals surface area contributed by atoms with Gasteiger partial charge in [0.2, 0.25) is 5.95 Å². The van der Waals surface area contributed by atoms with Gasteiger partial charge >= 0.3 is 0 Å². The Hall–Kier alpha value is -1.47. The topological polar surface area (TPSA) is 81.1 Å². The van der Waals surface area contributed by atoms with Gasteiger partial charge in [0, 0.05) is 19.6 Å². The van der Waals surface area contributed by atoms with E-state index in [1.807, 2.05) is 0 Å². The Kier molecular flexibility index (Phi) is 6.33. The number of unbranched alkanes of at least 4 members (excludes halogenated alkanes) is 1. The molecule has 7 heteroatoms. The molecule has 0 aliphatic carbocycles. The van der Waals surface area contributed by atoms with Crippen molar-refractivity contribution in [2.24, 2.45) is 7.05 Å². The zero-order valence-electron chi connectivity index (χ0n) is 13.8. The number of ether oxygens (including phenoxy) is 1. The van der Waals surface area contributed by atoms with Crippen LogP contribution in [0.4, 0.5) is 5.95 Å². The summed E-state index contributed by atoms with van der Waals surface area (Å²) in [5.74, 6) is 1.50. The molecule has 1 fully saturated rings. The van der Waals surface area contributed by atoms with Crippen molar-refractivity contribution >= 4 is 11.9 Å². The number of piperidine rings is 1. The van der Waals surface area contributed by atoms with Crippen LogP contribution in [-0.2, 0) is 16.6 Å². The first kappa shape index (κ1) is 16.9. The fourth-order valence-corrected chi connectivity index (χ4v) is 2.46. The SMILES string of the molecule is CCCCOC(C)C(=O)Nc1nc(C2CCNCC2)nn1C. The summed E-state index contributed by atoms with van der Waals surface area (Å²) in [5.41, 5.74) is 0. The molecular formula is C15H27N5O2. The zero-order chi connectivity index (χ0) is 15.9. The molecule has 2 rings (SSSR count). The van der Waals surface area contributed by atoms with E-state index in [1.54, 1.807) is 18.7 Å². The highest BCUT2D eigenvalue weighted by Crippen LogP contribution is 2.23. The fourth-order valence-electron chi connectivity index (χ4n) is 2.46. The molecule has 2 N–H and O–H groups in total. The van der Waals surface area contributed by atoms with E-state index in [4.69, 9.17) is 4.74 Å². The van der Waals surface area contributed by atoms with Gasteiger partial charge in [0.05, 0.1) is 0 Å². The molecule has 1 atom stereocenters. The lowest BCUT2D eigenvalue weighted by Gasteiger charge is -2.19. The minimum absolute atomic E-state index is 0.177. The molecule has 1 aromatic rings. The van der Waals surface area contributed by atoms with Crippen LogP contribution in [0.5, 0.6) is 0 Å². The highest BCUT2D eigenvalue weighted by atomic mass is 16.5. The summed E-state index contributed by atoms with van der Waals surface area (Å²) in [4.78, 5) is 16.6. The summed E-state index contributed by atoms with van der Waals surface area (Å²) < 4.78 is 7.13. The van der Waals surface area contributed by atoms with Gasteiger partial charge in [-0.15, -0.1) is 0 Å². The minimum atomic E-state index is -0.481. The van der Waals surface area contributed by atoms with Crippen molar-refractivity contribution in [1.82, 2.24) is 20.1 Å². The summed E-state index contributed by atoms with van der Waals surface area (Å²) in [6.07, 6.45) is 3.60. The second-order valence-corrected chi connectivity index (χ2v) is 5.80. The monoisotopic (exact) mass is 309 g/mol. The highest BCUT2D eigenvalue weighted by molar-refractivity contribution is 5.92.